The van der Waals surface area contributed by atoms with Crippen LogP contribution in [0.25, 0.3) is 0 Å². The van der Waals surface area contributed by atoms with Crippen molar-refractivity contribution in [2.75, 3.05) is 17.2 Å². The molecule has 1 aromatic heterocycles. The largest absolute Gasteiger partial charge is 0.354 e. The number of hydrogen-bond acceptors (Lipinski definition) is 4. The van der Waals surface area contributed by atoms with Crippen LogP contribution in [0.3, 0.4) is 0 Å². The molecule has 0 aliphatic rings. The summed E-state index contributed by atoms with van der Waals surface area (Å²) in [7, 11) is 0. The van der Waals surface area contributed by atoms with Crippen LogP contribution in [0, 0.1) is 5.92 Å². The number of rotatable bonds is 5. The number of hydrogen-bond donors (Lipinski definition) is 2. The molecule has 4 nitrogen and oxygen atoms in total. The Balaban J connectivity index is 2.11. The van der Waals surface area contributed by atoms with Gasteiger partial charge in [-0.1, -0.05) is 37.0 Å². The summed E-state index contributed by atoms with van der Waals surface area (Å²) < 4.78 is 0. The van der Waals surface area contributed by atoms with Gasteiger partial charge in [-0.05, 0) is 30.2 Å². The molecule has 0 unspecified atom stereocenters. The van der Waals surface area contributed by atoms with Crippen molar-refractivity contribution in [1.82, 2.24) is 9.97 Å². The van der Waals surface area contributed by atoms with Crippen LogP contribution in [0.2, 0.25) is 10.0 Å². The quantitative estimate of drug-likeness (QED) is 0.847. The van der Waals surface area contributed by atoms with Crippen molar-refractivity contribution in [3.63, 3.8) is 0 Å². The topological polar surface area (TPSA) is 49.8 Å². The first-order valence-corrected chi connectivity index (χ1v) is 7.09. The van der Waals surface area contributed by atoms with Gasteiger partial charge in [-0.3, -0.25) is 0 Å². The average Bonchev–Trinajstić information content (AvgIpc) is 2.40. The van der Waals surface area contributed by atoms with Crippen molar-refractivity contribution in [3.05, 3.63) is 40.5 Å². The Morgan fingerprint density at radius 3 is 2.70 bits per heavy atom. The van der Waals surface area contributed by atoms with Crippen LogP contribution in [0.4, 0.5) is 17.5 Å². The molecule has 0 fully saturated rings. The maximum absolute atomic E-state index is 6.12. The molecule has 0 radical (unpaired) electrons. The van der Waals surface area contributed by atoms with Crippen molar-refractivity contribution >= 4 is 40.7 Å². The fourth-order valence-electron chi connectivity index (χ4n) is 1.54. The van der Waals surface area contributed by atoms with Crippen molar-refractivity contribution in [1.29, 1.82) is 0 Å². The van der Waals surface area contributed by atoms with E-state index in [-0.39, 0.29) is 0 Å². The highest BCUT2D eigenvalue weighted by Crippen LogP contribution is 2.27. The molecule has 0 aliphatic heterocycles. The van der Waals surface area contributed by atoms with Crippen molar-refractivity contribution in [2.45, 2.75) is 13.8 Å². The summed E-state index contributed by atoms with van der Waals surface area (Å²) in [4.78, 5) is 8.55. The first-order chi connectivity index (χ1) is 9.54. The molecule has 1 heterocycles. The fraction of sp³-hybridized carbons (Fsp3) is 0.286. The summed E-state index contributed by atoms with van der Waals surface area (Å²) in [6, 6.07) is 7.05. The Morgan fingerprint density at radius 1 is 1.20 bits per heavy atom. The molecule has 20 heavy (non-hydrogen) atoms. The van der Waals surface area contributed by atoms with E-state index in [1.807, 2.05) is 6.07 Å². The molecule has 2 N–H and O–H groups in total. The Kier molecular flexibility index (Phi) is 5.04. The zero-order chi connectivity index (χ0) is 14.5. The standard InChI is InChI=1S/C14H16Cl2N4/c1-9(2)8-18-14-17-6-5-13(20-14)19-12-4-3-10(15)7-11(12)16/h3-7,9H,8H2,1-2H3,(H2,17,18,19,20). The van der Waals surface area contributed by atoms with Crippen molar-refractivity contribution < 1.29 is 0 Å². The molecular weight excluding hydrogens is 295 g/mol. The van der Waals surface area contributed by atoms with E-state index in [9.17, 15) is 0 Å². The second kappa shape index (κ2) is 6.77. The maximum atomic E-state index is 6.12. The fourth-order valence-corrected chi connectivity index (χ4v) is 1.99. The molecule has 2 rings (SSSR count). The van der Waals surface area contributed by atoms with Gasteiger partial charge in [0, 0.05) is 17.8 Å². The number of benzene rings is 1. The Hall–Kier alpha value is -1.52. The lowest BCUT2D eigenvalue weighted by molar-refractivity contribution is 0.684. The van der Waals surface area contributed by atoms with Crippen LogP contribution in [0.15, 0.2) is 30.5 Å². The molecule has 6 heteroatoms. The number of aromatic nitrogens is 2. The van der Waals surface area contributed by atoms with Gasteiger partial charge >= 0.3 is 0 Å². The molecule has 0 spiro atoms. The Bertz CT molecular complexity index is 587. The maximum Gasteiger partial charge on any atom is 0.224 e. The van der Waals surface area contributed by atoms with Crippen LogP contribution in [0.5, 0.6) is 0 Å². The van der Waals surface area contributed by atoms with Gasteiger partial charge in [0.1, 0.15) is 5.82 Å². The molecule has 0 atom stereocenters. The minimum Gasteiger partial charge on any atom is -0.354 e. The average molecular weight is 311 g/mol. The minimum atomic E-state index is 0.529. The predicted octanol–water partition coefficient (Wildman–Crippen LogP) is 4.59. The summed E-state index contributed by atoms with van der Waals surface area (Å²) in [5.74, 6) is 1.80. The Morgan fingerprint density at radius 2 is 2.00 bits per heavy atom. The molecule has 1 aromatic carbocycles. The normalized spacial score (nSPS) is 10.7. The van der Waals surface area contributed by atoms with E-state index in [4.69, 9.17) is 23.2 Å². The number of nitrogens with zero attached hydrogens (tertiary/aromatic N) is 2. The van der Waals surface area contributed by atoms with Gasteiger partial charge in [-0.15, -0.1) is 0 Å². The highest BCUT2D eigenvalue weighted by Gasteiger charge is 2.04. The van der Waals surface area contributed by atoms with E-state index in [1.165, 1.54) is 0 Å². The molecule has 2 aromatic rings. The van der Waals surface area contributed by atoms with E-state index in [0.717, 1.165) is 12.2 Å². The third kappa shape index (κ3) is 4.25. The van der Waals surface area contributed by atoms with E-state index in [0.29, 0.717) is 27.7 Å². The molecule has 0 saturated carbocycles. The lowest BCUT2D eigenvalue weighted by Gasteiger charge is -2.10. The summed E-state index contributed by atoms with van der Waals surface area (Å²) in [6.07, 6.45) is 1.70. The van der Waals surface area contributed by atoms with E-state index in [2.05, 4.69) is 34.4 Å². The SMILES string of the molecule is CC(C)CNc1nccc(Nc2ccc(Cl)cc2Cl)n1. The van der Waals surface area contributed by atoms with Gasteiger partial charge in [0.2, 0.25) is 5.95 Å². The van der Waals surface area contributed by atoms with Gasteiger partial charge in [0.25, 0.3) is 0 Å². The van der Waals surface area contributed by atoms with Gasteiger partial charge in [0.05, 0.1) is 10.7 Å². The zero-order valence-electron chi connectivity index (χ0n) is 11.3. The first-order valence-electron chi connectivity index (χ1n) is 6.33. The van der Waals surface area contributed by atoms with Crippen LogP contribution in [-0.4, -0.2) is 16.5 Å². The monoisotopic (exact) mass is 310 g/mol. The summed E-state index contributed by atoms with van der Waals surface area (Å²) >= 11 is 12.0. The molecular formula is C14H16Cl2N4. The van der Waals surface area contributed by atoms with Gasteiger partial charge in [-0.2, -0.15) is 4.98 Å². The van der Waals surface area contributed by atoms with Gasteiger partial charge < -0.3 is 10.6 Å². The smallest absolute Gasteiger partial charge is 0.224 e. The molecule has 0 aliphatic carbocycles. The summed E-state index contributed by atoms with van der Waals surface area (Å²) in [5.41, 5.74) is 0.754. The number of halogens is 2. The molecule has 0 bridgehead atoms. The highest BCUT2D eigenvalue weighted by atomic mass is 35.5. The molecule has 106 valence electrons. The lowest BCUT2D eigenvalue weighted by atomic mass is 10.2. The predicted molar refractivity (Wildman–Crippen MR) is 85.1 cm³/mol. The molecule has 0 saturated heterocycles. The lowest BCUT2D eigenvalue weighted by Crippen LogP contribution is -2.11. The minimum absolute atomic E-state index is 0.529. The second-order valence-electron chi connectivity index (χ2n) is 4.79. The highest BCUT2D eigenvalue weighted by molar-refractivity contribution is 6.36. The van der Waals surface area contributed by atoms with E-state index >= 15 is 0 Å². The zero-order valence-corrected chi connectivity index (χ0v) is 12.8. The van der Waals surface area contributed by atoms with Crippen LogP contribution >= 0.6 is 23.2 Å². The van der Waals surface area contributed by atoms with Crippen LogP contribution in [0.1, 0.15) is 13.8 Å². The summed E-state index contributed by atoms with van der Waals surface area (Å²) in [6.45, 7) is 5.08. The van der Waals surface area contributed by atoms with Crippen LogP contribution < -0.4 is 10.6 Å². The van der Waals surface area contributed by atoms with Crippen molar-refractivity contribution in [3.8, 4) is 0 Å². The van der Waals surface area contributed by atoms with E-state index in [1.54, 1.807) is 24.4 Å². The summed E-state index contributed by atoms with van der Waals surface area (Å²) in [5, 5.41) is 7.47. The van der Waals surface area contributed by atoms with Gasteiger partial charge in [0.15, 0.2) is 0 Å². The number of anilines is 3. The first kappa shape index (κ1) is 14.9. The van der Waals surface area contributed by atoms with E-state index < -0.39 is 0 Å². The van der Waals surface area contributed by atoms with Crippen LogP contribution in [-0.2, 0) is 0 Å². The second-order valence-corrected chi connectivity index (χ2v) is 5.63. The third-order valence-corrected chi connectivity index (χ3v) is 3.07. The van der Waals surface area contributed by atoms with Crippen molar-refractivity contribution in [2.24, 2.45) is 5.92 Å². The Labute approximate surface area is 128 Å². The van der Waals surface area contributed by atoms with Gasteiger partial charge in [-0.25, -0.2) is 4.98 Å². The third-order valence-electron chi connectivity index (χ3n) is 2.52. The molecule has 0 amide bonds. The number of nitrogens with one attached hydrogen (secondary N) is 2.